The average molecular weight is 351 g/mol. The molecule has 0 heterocycles. The van der Waals surface area contributed by atoms with Crippen molar-refractivity contribution < 1.29 is 13.2 Å². The molecule has 0 atom stereocenters. The van der Waals surface area contributed by atoms with E-state index in [1.165, 1.54) is 4.31 Å². The largest absolute Gasteiger partial charge is 0.494 e. The van der Waals surface area contributed by atoms with E-state index in [2.05, 4.69) is 0 Å². The van der Waals surface area contributed by atoms with Gasteiger partial charge in [-0.2, -0.15) is 4.31 Å². The second-order valence-corrected chi connectivity index (χ2v) is 7.94. The van der Waals surface area contributed by atoms with Gasteiger partial charge in [-0.15, -0.1) is 11.8 Å². The van der Waals surface area contributed by atoms with Crippen LogP contribution in [0.5, 0.6) is 5.75 Å². The van der Waals surface area contributed by atoms with Crippen LogP contribution in [0.4, 0.5) is 0 Å². The summed E-state index contributed by atoms with van der Waals surface area (Å²) in [6, 6.07) is 14.4. The predicted octanol–water partition coefficient (Wildman–Crippen LogP) is 3.63. The van der Waals surface area contributed by atoms with Crippen molar-refractivity contribution in [3.05, 3.63) is 54.1 Å². The van der Waals surface area contributed by atoms with Gasteiger partial charge in [0, 0.05) is 18.5 Å². The van der Waals surface area contributed by atoms with Crippen LogP contribution in [0.25, 0.3) is 0 Å². The fourth-order valence-corrected chi connectivity index (χ4v) is 3.74. The van der Waals surface area contributed by atoms with E-state index in [4.69, 9.17) is 4.74 Å². The van der Waals surface area contributed by atoms with Crippen molar-refractivity contribution in [3.8, 4) is 5.75 Å². The van der Waals surface area contributed by atoms with Crippen molar-refractivity contribution in [2.75, 3.05) is 19.9 Å². The van der Waals surface area contributed by atoms with Gasteiger partial charge in [0.15, 0.2) is 0 Å². The van der Waals surface area contributed by atoms with Crippen LogP contribution >= 0.6 is 11.8 Å². The molecule has 0 bridgehead atoms. The Morgan fingerprint density at radius 3 is 2.43 bits per heavy atom. The highest BCUT2D eigenvalue weighted by Gasteiger charge is 2.20. The molecule has 0 aromatic heterocycles. The maximum Gasteiger partial charge on any atom is 0.243 e. The minimum absolute atomic E-state index is 0.299. The van der Waals surface area contributed by atoms with E-state index in [1.807, 2.05) is 49.6 Å². The molecule has 6 heteroatoms. The van der Waals surface area contributed by atoms with Crippen molar-refractivity contribution in [1.82, 2.24) is 4.31 Å². The Bertz CT molecular complexity index is 743. The van der Waals surface area contributed by atoms with Crippen molar-refractivity contribution >= 4 is 21.8 Å². The maximum atomic E-state index is 12.6. The number of sulfonamides is 1. The lowest BCUT2D eigenvalue weighted by atomic mass is 10.2. The molecule has 4 nitrogen and oxygen atoms in total. The molecule has 124 valence electrons. The topological polar surface area (TPSA) is 46.6 Å². The maximum absolute atomic E-state index is 12.6. The van der Waals surface area contributed by atoms with Crippen molar-refractivity contribution in [2.24, 2.45) is 0 Å². The SMILES string of the molecule is CCOc1cccc(CN(C)S(=O)(=O)c2ccc(SC)cc2)c1. The zero-order valence-corrected chi connectivity index (χ0v) is 15.2. The van der Waals surface area contributed by atoms with E-state index < -0.39 is 10.0 Å². The van der Waals surface area contributed by atoms with Crippen LogP contribution in [-0.4, -0.2) is 32.6 Å². The highest BCUT2D eigenvalue weighted by atomic mass is 32.2. The molecule has 0 aliphatic heterocycles. The van der Waals surface area contributed by atoms with E-state index in [0.29, 0.717) is 18.0 Å². The molecule has 0 aliphatic rings. The Morgan fingerprint density at radius 2 is 1.83 bits per heavy atom. The van der Waals surface area contributed by atoms with Gasteiger partial charge in [-0.3, -0.25) is 0 Å². The van der Waals surface area contributed by atoms with Crippen molar-refractivity contribution in [2.45, 2.75) is 23.3 Å². The fraction of sp³-hybridized carbons (Fsp3) is 0.294. The molecule has 2 aromatic rings. The molecule has 23 heavy (non-hydrogen) atoms. The normalized spacial score (nSPS) is 11.7. The Kier molecular flexibility index (Phi) is 6.10. The molecule has 0 unspecified atom stereocenters. The highest BCUT2D eigenvalue weighted by molar-refractivity contribution is 7.98. The molecule has 0 radical (unpaired) electrons. The third-order valence-electron chi connectivity index (χ3n) is 3.38. The molecule has 0 N–H and O–H groups in total. The molecule has 0 spiro atoms. The van der Waals surface area contributed by atoms with Gasteiger partial charge in [0.05, 0.1) is 11.5 Å². The molecular formula is C17H21NO3S2. The summed E-state index contributed by atoms with van der Waals surface area (Å²) in [5, 5.41) is 0. The summed E-state index contributed by atoms with van der Waals surface area (Å²) in [6.45, 7) is 2.80. The van der Waals surface area contributed by atoms with Crippen LogP contribution in [0.2, 0.25) is 0 Å². The number of hydrogen-bond donors (Lipinski definition) is 0. The van der Waals surface area contributed by atoms with Crippen LogP contribution in [0.1, 0.15) is 12.5 Å². The van der Waals surface area contributed by atoms with Gasteiger partial charge in [-0.25, -0.2) is 8.42 Å². The van der Waals surface area contributed by atoms with Crippen LogP contribution in [0.3, 0.4) is 0 Å². The highest BCUT2D eigenvalue weighted by Crippen LogP contribution is 2.22. The zero-order valence-electron chi connectivity index (χ0n) is 13.5. The van der Waals surface area contributed by atoms with Crippen molar-refractivity contribution in [3.63, 3.8) is 0 Å². The molecule has 0 saturated carbocycles. The molecule has 0 aliphatic carbocycles. The summed E-state index contributed by atoms with van der Waals surface area (Å²) in [5.41, 5.74) is 0.891. The standard InChI is InChI=1S/C17H21NO3S2/c1-4-21-15-7-5-6-14(12-15)13-18(2)23(19,20)17-10-8-16(22-3)9-11-17/h5-12H,4,13H2,1-3H3. The van der Waals surface area contributed by atoms with Crippen LogP contribution in [-0.2, 0) is 16.6 Å². The smallest absolute Gasteiger partial charge is 0.243 e. The molecule has 2 aromatic carbocycles. The zero-order chi connectivity index (χ0) is 16.9. The van der Waals surface area contributed by atoms with Crippen LogP contribution in [0.15, 0.2) is 58.3 Å². The average Bonchev–Trinajstić information content (AvgIpc) is 2.55. The first kappa shape index (κ1) is 17.8. The third kappa shape index (κ3) is 4.50. The summed E-state index contributed by atoms with van der Waals surface area (Å²) < 4.78 is 32.1. The number of benzene rings is 2. The lowest BCUT2D eigenvalue weighted by Crippen LogP contribution is -2.26. The van der Waals surface area contributed by atoms with Gasteiger partial charge in [0.25, 0.3) is 0 Å². The van der Waals surface area contributed by atoms with Gasteiger partial charge in [0.2, 0.25) is 10.0 Å². The van der Waals surface area contributed by atoms with E-state index >= 15 is 0 Å². The Labute approximate surface area is 142 Å². The van der Waals surface area contributed by atoms with Crippen LogP contribution in [0, 0.1) is 0 Å². The first-order chi connectivity index (χ1) is 11.0. The first-order valence-electron chi connectivity index (χ1n) is 7.29. The van der Waals surface area contributed by atoms with Gasteiger partial charge in [0.1, 0.15) is 5.75 Å². The lowest BCUT2D eigenvalue weighted by molar-refractivity contribution is 0.339. The summed E-state index contributed by atoms with van der Waals surface area (Å²) in [5.74, 6) is 0.750. The monoisotopic (exact) mass is 351 g/mol. The molecule has 0 fully saturated rings. The molecular weight excluding hydrogens is 330 g/mol. The molecule has 0 saturated heterocycles. The Hall–Kier alpha value is -1.50. The number of thioether (sulfide) groups is 1. The second kappa shape index (κ2) is 7.86. The first-order valence-corrected chi connectivity index (χ1v) is 9.96. The lowest BCUT2D eigenvalue weighted by Gasteiger charge is -2.18. The summed E-state index contributed by atoms with van der Waals surface area (Å²) >= 11 is 1.58. The number of ether oxygens (including phenoxy) is 1. The number of nitrogens with zero attached hydrogens (tertiary/aromatic N) is 1. The van der Waals surface area contributed by atoms with Gasteiger partial charge in [-0.05, 0) is 55.1 Å². The molecule has 0 amide bonds. The minimum Gasteiger partial charge on any atom is -0.494 e. The van der Waals surface area contributed by atoms with Crippen molar-refractivity contribution in [1.29, 1.82) is 0 Å². The molecule has 2 rings (SSSR count). The Balaban J connectivity index is 2.17. The minimum atomic E-state index is -3.50. The van der Waals surface area contributed by atoms with Gasteiger partial charge in [-0.1, -0.05) is 12.1 Å². The number of hydrogen-bond acceptors (Lipinski definition) is 4. The predicted molar refractivity (Wildman–Crippen MR) is 94.5 cm³/mol. The summed E-state index contributed by atoms with van der Waals surface area (Å²) in [7, 11) is -1.92. The van der Waals surface area contributed by atoms with Gasteiger partial charge < -0.3 is 4.74 Å². The quantitative estimate of drug-likeness (QED) is 0.715. The summed E-state index contributed by atoms with van der Waals surface area (Å²) in [4.78, 5) is 1.34. The van der Waals surface area contributed by atoms with E-state index in [9.17, 15) is 8.42 Å². The number of rotatable bonds is 7. The second-order valence-electron chi connectivity index (χ2n) is 5.02. The fourth-order valence-electron chi connectivity index (χ4n) is 2.17. The van der Waals surface area contributed by atoms with Gasteiger partial charge >= 0.3 is 0 Å². The third-order valence-corrected chi connectivity index (χ3v) is 5.94. The van der Waals surface area contributed by atoms with E-state index in [0.717, 1.165) is 16.2 Å². The summed E-state index contributed by atoms with van der Waals surface area (Å²) in [6.07, 6.45) is 1.96. The Morgan fingerprint density at radius 1 is 1.13 bits per heavy atom. The van der Waals surface area contributed by atoms with E-state index in [-0.39, 0.29) is 0 Å². The van der Waals surface area contributed by atoms with E-state index in [1.54, 1.807) is 30.9 Å². The van der Waals surface area contributed by atoms with Crippen LogP contribution < -0.4 is 4.74 Å².